The minimum Gasteiger partial charge on any atom is -0.476 e. The van der Waals surface area contributed by atoms with Crippen LogP contribution in [0.3, 0.4) is 0 Å². The quantitative estimate of drug-likeness (QED) is 0.547. The molecule has 154 valence electrons. The van der Waals surface area contributed by atoms with Crippen LogP contribution in [-0.4, -0.2) is 40.0 Å². The van der Waals surface area contributed by atoms with Gasteiger partial charge in [-0.05, 0) is 25.1 Å². The van der Waals surface area contributed by atoms with Crippen LogP contribution in [0.25, 0.3) is 22.5 Å². The molecule has 3 heterocycles. The molecule has 0 atom stereocenters. The highest BCUT2D eigenvalue weighted by Gasteiger charge is 2.35. The zero-order valence-electron chi connectivity index (χ0n) is 15.5. The van der Waals surface area contributed by atoms with Crippen molar-refractivity contribution in [1.82, 2.24) is 28.9 Å². The van der Waals surface area contributed by atoms with E-state index < -0.39 is 23.5 Å². The summed E-state index contributed by atoms with van der Waals surface area (Å²) in [5.74, 6) is -1.11. The van der Waals surface area contributed by atoms with Gasteiger partial charge in [0.2, 0.25) is 0 Å². The lowest BCUT2D eigenvalue weighted by Crippen LogP contribution is -2.21. The molecule has 0 fully saturated rings. The van der Waals surface area contributed by atoms with Crippen molar-refractivity contribution in [3.63, 3.8) is 0 Å². The Bertz CT molecular complexity index is 1350. The molecule has 0 radical (unpaired) electrons. The highest BCUT2D eigenvalue weighted by molar-refractivity contribution is 5.94. The predicted octanol–water partition coefficient (Wildman–Crippen LogP) is 2.31. The Kier molecular flexibility index (Phi) is 4.22. The van der Waals surface area contributed by atoms with E-state index >= 15 is 0 Å². The zero-order valence-corrected chi connectivity index (χ0v) is 15.5. The number of carboxylic acid groups (broad SMARTS) is 1. The number of carbonyl (C=O) groups is 1. The first kappa shape index (κ1) is 19.4. The number of hydrogen-bond donors (Lipinski definition) is 1. The third-order valence-corrected chi connectivity index (χ3v) is 4.46. The van der Waals surface area contributed by atoms with E-state index in [1.807, 2.05) is 0 Å². The minimum atomic E-state index is -4.82. The summed E-state index contributed by atoms with van der Waals surface area (Å²) in [6.45, 7) is 1.68. The van der Waals surface area contributed by atoms with Gasteiger partial charge in [-0.3, -0.25) is 0 Å². The molecule has 0 unspecified atom stereocenters. The van der Waals surface area contributed by atoms with E-state index in [2.05, 4.69) is 15.2 Å². The maximum atomic E-state index is 13.0. The molecule has 0 spiro atoms. The molecule has 0 aliphatic heterocycles. The lowest BCUT2D eigenvalue weighted by Gasteiger charge is -2.07. The van der Waals surface area contributed by atoms with Crippen LogP contribution < -0.4 is 5.69 Å². The molecule has 0 aliphatic rings. The molecule has 12 heteroatoms. The topological polar surface area (TPSA) is 107 Å². The van der Waals surface area contributed by atoms with Gasteiger partial charge in [0.05, 0.1) is 17.6 Å². The largest absolute Gasteiger partial charge is 0.476 e. The van der Waals surface area contributed by atoms with Gasteiger partial charge in [-0.25, -0.2) is 28.3 Å². The first-order valence-corrected chi connectivity index (χ1v) is 8.50. The number of halogens is 3. The predicted molar refractivity (Wildman–Crippen MR) is 97.5 cm³/mol. The first-order valence-electron chi connectivity index (χ1n) is 8.50. The Hall–Kier alpha value is -3.96. The van der Waals surface area contributed by atoms with Crippen LogP contribution in [0.15, 0.2) is 41.3 Å². The molecular formula is C18H13F3N6O3. The average molecular weight is 418 g/mol. The number of alkyl halides is 3. The fraction of sp³-hybridized carbons (Fsp3) is 0.167. The van der Waals surface area contributed by atoms with Crippen LogP contribution in [0.5, 0.6) is 0 Å². The summed E-state index contributed by atoms with van der Waals surface area (Å²) in [6.07, 6.45) is -4.18. The maximum absolute atomic E-state index is 13.0. The number of benzene rings is 1. The van der Waals surface area contributed by atoms with Gasteiger partial charge >= 0.3 is 17.8 Å². The Morgan fingerprint density at radius 1 is 1.13 bits per heavy atom. The van der Waals surface area contributed by atoms with Gasteiger partial charge in [0, 0.05) is 12.6 Å². The van der Waals surface area contributed by atoms with Crippen molar-refractivity contribution < 1.29 is 23.1 Å². The third-order valence-electron chi connectivity index (χ3n) is 4.46. The van der Waals surface area contributed by atoms with Crippen molar-refractivity contribution in [1.29, 1.82) is 0 Å². The lowest BCUT2D eigenvalue weighted by molar-refractivity contribution is -0.141. The lowest BCUT2D eigenvalue weighted by atomic mass is 10.1. The Labute approximate surface area is 165 Å². The Morgan fingerprint density at radius 2 is 1.80 bits per heavy atom. The summed E-state index contributed by atoms with van der Waals surface area (Å²) in [6, 6.07) is 7.84. The smallest absolute Gasteiger partial charge is 0.434 e. The zero-order chi connectivity index (χ0) is 21.8. The van der Waals surface area contributed by atoms with E-state index in [1.165, 1.54) is 22.4 Å². The molecule has 0 saturated carbocycles. The van der Waals surface area contributed by atoms with Crippen LogP contribution >= 0.6 is 0 Å². The normalized spacial score (nSPS) is 11.9. The molecule has 3 aromatic heterocycles. The second kappa shape index (κ2) is 6.54. The Balaban J connectivity index is 1.81. The molecule has 4 rings (SSSR count). The number of aromatic carboxylic acids is 1. The fourth-order valence-corrected chi connectivity index (χ4v) is 3.09. The molecule has 4 aromatic rings. The molecule has 0 amide bonds. The van der Waals surface area contributed by atoms with Crippen molar-refractivity contribution in [2.24, 2.45) is 7.05 Å². The van der Waals surface area contributed by atoms with Crippen molar-refractivity contribution in [3.05, 3.63) is 64.2 Å². The molecule has 9 nitrogen and oxygen atoms in total. The van der Waals surface area contributed by atoms with Crippen LogP contribution in [0.4, 0.5) is 13.2 Å². The molecule has 30 heavy (non-hydrogen) atoms. The number of aryl methyl sites for hydroxylation is 2. The van der Waals surface area contributed by atoms with Gasteiger partial charge in [0.25, 0.3) is 0 Å². The van der Waals surface area contributed by atoms with Crippen LogP contribution in [0.1, 0.15) is 22.0 Å². The first-order chi connectivity index (χ1) is 14.1. The molecule has 0 bridgehead atoms. The highest BCUT2D eigenvalue weighted by Crippen LogP contribution is 2.30. The average Bonchev–Trinajstić information content (AvgIpc) is 3.21. The summed E-state index contributed by atoms with van der Waals surface area (Å²) >= 11 is 0. The van der Waals surface area contributed by atoms with Gasteiger partial charge in [-0.1, -0.05) is 12.1 Å². The molecule has 0 aliphatic carbocycles. The Morgan fingerprint density at radius 3 is 2.33 bits per heavy atom. The number of aromatic nitrogens is 6. The molecule has 0 saturated heterocycles. The van der Waals surface area contributed by atoms with Gasteiger partial charge in [0.1, 0.15) is 11.3 Å². The van der Waals surface area contributed by atoms with Crippen molar-refractivity contribution in [2.75, 3.05) is 0 Å². The van der Waals surface area contributed by atoms with Crippen molar-refractivity contribution in [2.45, 2.75) is 13.1 Å². The standard InChI is InChI=1S/C18H13F3N6O3/c1-9-23-25(2)17(30)27(9)11-5-3-10(4-6-11)12-7-13-15(16(28)29)22-14(18(19,20)21)8-26(13)24-12/h3-8H,1-2H3,(H,28,29). The van der Waals surface area contributed by atoms with Gasteiger partial charge < -0.3 is 5.11 Å². The summed E-state index contributed by atoms with van der Waals surface area (Å²) in [5, 5.41) is 17.4. The SMILES string of the molecule is Cc1nn(C)c(=O)n1-c1ccc(-c2cc3c(C(=O)O)nc(C(F)(F)F)cn3n2)cc1. The number of fused-ring (bicyclic) bond motifs is 1. The van der Waals surface area contributed by atoms with Gasteiger partial charge in [-0.15, -0.1) is 0 Å². The van der Waals surface area contributed by atoms with Crippen LogP contribution in [0, 0.1) is 6.92 Å². The van der Waals surface area contributed by atoms with E-state index in [1.54, 1.807) is 31.2 Å². The number of nitrogens with zero attached hydrogens (tertiary/aromatic N) is 6. The van der Waals surface area contributed by atoms with E-state index in [4.69, 9.17) is 0 Å². The fourth-order valence-electron chi connectivity index (χ4n) is 3.09. The van der Waals surface area contributed by atoms with Gasteiger partial charge in [-0.2, -0.15) is 23.4 Å². The second-order valence-electron chi connectivity index (χ2n) is 6.47. The van der Waals surface area contributed by atoms with E-state index in [0.717, 1.165) is 4.52 Å². The highest BCUT2D eigenvalue weighted by atomic mass is 19.4. The van der Waals surface area contributed by atoms with Gasteiger partial charge in [0.15, 0.2) is 11.4 Å². The van der Waals surface area contributed by atoms with E-state index in [-0.39, 0.29) is 16.9 Å². The summed E-state index contributed by atoms with van der Waals surface area (Å²) < 4.78 is 42.5. The maximum Gasteiger partial charge on any atom is 0.434 e. The number of hydrogen-bond acceptors (Lipinski definition) is 5. The summed E-state index contributed by atoms with van der Waals surface area (Å²) in [4.78, 5) is 26.8. The monoisotopic (exact) mass is 418 g/mol. The second-order valence-corrected chi connectivity index (χ2v) is 6.47. The van der Waals surface area contributed by atoms with E-state index in [9.17, 15) is 27.9 Å². The van der Waals surface area contributed by atoms with Crippen LogP contribution in [0.2, 0.25) is 0 Å². The number of carboxylic acids is 1. The molecule has 1 aromatic carbocycles. The van der Waals surface area contributed by atoms with Crippen molar-refractivity contribution >= 4 is 11.5 Å². The number of rotatable bonds is 3. The summed E-state index contributed by atoms with van der Waals surface area (Å²) in [5.41, 5.74) is -1.20. The minimum absolute atomic E-state index is 0.0751. The van der Waals surface area contributed by atoms with Crippen LogP contribution in [-0.2, 0) is 13.2 Å². The third kappa shape index (κ3) is 3.11. The van der Waals surface area contributed by atoms with Crippen molar-refractivity contribution in [3.8, 4) is 16.9 Å². The molecule has 1 N–H and O–H groups in total. The summed E-state index contributed by atoms with van der Waals surface area (Å²) in [7, 11) is 1.53. The van der Waals surface area contributed by atoms with E-state index in [0.29, 0.717) is 23.3 Å². The molecular weight excluding hydrogens is 405 g/mol.